The van der Waals surface area contributed by atoms with Crippen LogP contribution in [-0.2, 0) is 16.1 Å². The Kier molecular flexibility index (Phi) is 6.04. The maximum absolute atomic E-state index is 13.1. The molecule has 0 aromatic heterocycles. The van der Waals surface area contributed by atoms with E-state index in [1.54, 1.807) is 6.07 Å². The van der Waals surface area contributed by atoms with Gasteiger partial charge in [-0.05, 0) is 30.7 Å². The number of thiocarbonyl (C=S) groups is 1. The fraction of sp³-hybridized carbons (Fsp3) is 0.417. The van der Waals surface area contributed by atoms with Gasteiger partial charge in [0, 0.05) is 12.2 Å². The van der Waals surface area contributed by atoms with Crippen LogP contribution < -0.4 is 5.73 Å². The molecule has 94 valence electrons. The highest BCUT2D eigenvalue weighted by Crippen LogP contribution is 2.12. The third-order valence-electron chi connectivity index (χ3n) is 2.17. The van der Waals surface area contributed by atoms with E-state index in [-0.39, 0.29) is 17.4 Å². The lowest BCUT2D eigenvalue weighted by molar-refractivity contribution is 0.0452. The van der Waals surface area contributed by atoms with Gasteiger partial charge in [0.1, 0.15) is 10.8 Å². The third kappa shape index (κ3) is 4.77. The first-order valence-corrected chi connectivity index (χ1v) is 5.79. The zero-order valence-corrected chi connectivity index (χ0v) is 10.6. The summed E-state index contributed by atoms with van der Waals surface area (Å²) in [7, 11) is 0. The van der Waals surface area contributed by atoms with Crippen molar-refractivity contribution >= 4 is 17.2 Å². The molecule has 0 bridgehead atoms. The fourth-order valence-electron chi connectivity index (χ4n) is 1.37. The van der Waals surface area contributed by atoms with Gasteiger partial charge < -0.3 is 15.2 Å². The maximum atomic E-state index is 13.1. The molecule has 0 unspecified atom stereocenters. The van der Waals surface area contributed by atoms with E-state index in [9.17, 15) is 4.39 Å². The SMILES string of the molecule is CCOCCOCc1cc(F)ccc1C(N)=S. The van der Waals surface area contributed by atoms with Crippen LogP contribution in [0.2, 0.25) is 0 Å². The topological polar surface area (TPSA) is 44.5 Å². The van der Waals surface area contributed by atoms with E-state index in [0.717, 1.165) is 0 Å². The van der Waals surface area contributed by atoms with Crippen LogP contribution in [0.25, 0.3) is 0 Å². The van der Waals surface area contributed by atoms with Crippen molar-refractivity contribution < 1.29 is 13.9 Å². The van der Waals surface area contributed by atoms with Crippen molar-refractivity contribution in [1.82, 2.24) is 0 Å². The van der Waals surface area contributed by atoms with E-state index in [4.69, 9.17) is 27.4 Å². The van der Waals surface area contributed by atoms with E-state index in [0.29, 0.717) is 30.9 Å². The number of halogens is 1. The lowest BCUT2D eigenvalue weighted by atomic mass is 10.1. The molecule has 0 saturated heterocycles. The smallest absolute Gasteiger partial charge is 0.123 e. The minimum absolute atomic E-state index is 0.244. The molecule has 0 heterocycles. The number of benzene rings is 1. The monoisotopic (exact) mass is 257 g/mol. The number of hydrogen-bond donors (Lipinski definition) is 1. The van der Waals surface area contributed by atoms with Crippen LogP contribution in [0.4, 0.5) is 4.39 Å². The van der Waals surface area contributed by atoms with Crippen molar-refractivity contribution in [3.63, 3.8) is 0 Å². The van der Waals surface area contributed by atoms with Crippen molar-refractivity contribution in [2.75, 3.05) is 19.8 Å². The summed E-state index contributed by atoms with van der Waals surface area (Å²) in [6, 6.07) is 4.28. The molecule has 1 aromatic rings. The van der Waals surface area contributed by atoms with Crippen LogP contribution in [0.1, 0.15) is 18.1 Å². The molecule has 0 aliphatic carbocycles. The number of nitrogens with two attached hydrogens (primary N) is 1. The normalized spacial score (nSPS) is 10.5. The summed E-state index contributed by atoms with van der Waals surface area (Å²) in [5, 5.41) is 0. The summed E-state index contributed by atoms with van der Waals surface area (Å²) >= 11 is 4.89. The molecule has 0 amide bonds. The van der Waals surface area contributed by atoms with Gasteiger partial charge in [0.15, 0.2) is 0 Å². The van der Waals surface area contributed by atoms with Crippen LogP contribution in [0.15, 0.2) is 18.2 Å². The average molecular weight is 257 g/mol. The van der Waals surface area contributed by atoms with Gasteiger partial charge in [0.2, 0.25) is 0 Å². The fourth-order valence-corrected chi connectivity index (χ4v) is 1.57. The van der Waals surface area contributed by atoms with Crippen molar-refractivity contribution in [2.45, 2.75) is 13.5 Å². The van der Waals surface area contributed by atoms with Crippen molar-refractivity contribution in [3.05, 3.63) is 35.1 Å². The first kappa shape index (κ1) is 14.0. The van der Waals surface area contributed by atoms with Gasteiger partial charge in [-0.25, -0.2) is 4.39 Å². The van der Waals surface area contributed by atoms with Crippen LogP contribution >= 0.6 is 12.2 Å². The number of hydrogen-bond acceptors (Lipinski definition) is 3. The predicted octanol–water partition coefficient (Wildman–Crippen LogP) is 2.01. The molecular weight excluding hydrogens is 241 g/mol. The molecule has 0 fully saturated rings. The number of rotatable bonds is 7. The maximum Gasteiger partial charge on any atom is 0.123 e. The van der Waals surface area contributed by atoms with Gasteiger partial charge in [-0.2, -0.15) is 0 Å². The summed E-state index contributed by atoms with van der Waals surface area (Å²) in [5.41, 5.74) is 6.86. The Morgan fingerprint density at radius 2 is 2.06 bits per heavy atom. The summed E-state index contributed by atoms with van der Waals surface area (Å²) in [6.45, 7) is 3.83. The molecule has 5 heteroatoms. The van der Waals surface area contributed by atoms with Crippen molar-refractivity contribution in [3.8, 4) is 0 Å². The Hall–Kier alpha value is -1.04. The van der Waals surface area contributed by atoms with Crippen LogP contribution in [0, 0.1) is 5.82 Å². The van der Waals surface area contributed by atoms with Gasteiger partial charge in [-0.3, -0.25) is 0 Å². The minimum Gasteiger partial charge on any atom is -0.389 e. The quantitative estimate of drug-likeness (QED) is 0.599. The van der Waals surface area contributed by atoms with E-state index < -0.39 is 0 Å². The number of ether oxygens (including phenoxy) is 2. The van der Waals surface area contributed by atoms with Gasteiger partial charge in [-0.1, -0.05) is 12.2 Å². The van der Waals surface area contributed by atoms with Gasteiger partial charge in [0.25, 0.3) is 0 Å². The van der Waals surface area contributed by atoms with Crippen LogP contribution in [0.5, 0.6) is 0 Å². The van der Waals surface area contributed by atoms with Gasteiger partial charge >= 0.3 is 0 Å². The summed E-state index contributed by atoms with van der Waals surface area (Å²) in [4.78, 5) is 0.244. The predicted molar refractivity (Wildman–Crippen MR) is 68.4 cm³/mol. The zero-order valence-electron chi connectivity index (χ0n) is 9.74. The molecule has 1 rings (SSSR count). The summed E-state index contributed by atoms with van der Waals surface area (Å²) < 4.78 is 23.6. The first-order valence-electron chi connectivity index (χ1n) is 5.39. The molecule has 0 radical (unpaired) electrons. The van der Waals surface area contributed by atoms with E-state index in [1.807, 2.05) is 6.92 Å². The molecule has 0 spiro atoms. The lowest BCUT2D eigenvalue weighted by Gasteiger charge is -2.09. The molecule has 0 atom stereocenters. The summed E-state index contributed by atoms with van der Waals surface area (Å²) in [5.74, 6) is -0.326. The molecule has 0 saturated carbocycles. The Morgan fingerprint density at radius 1 is 1.35 bits per heavy atom. The van der Waals surface area contributed by atoms with E-state index in [1.165, 1.54) is 12.1 Å². The first-order chi connectivity index (χ1) is 8.15. The Labute approximate surface area is 106 Å². The van der Waals surface area contributed by atoms with Crippen molar-refractivity contribution in [1.29, 1.82) is 0 Å². The zero-order chi connectivity index (χ0) is 12.7. The molecule has 2 N–H and O–H groups in total. The highest BCUT2D eigenvalue weighted by molar-refractivity contribution is 7.80. The lowest BCUT2D eigenvalue weighted by Crippen LogP contribution is -2.14. The minimum atomic E-state index is -0.326. The molecule has 3 nitrogen and oxygen atoms in total. The van der Waals surface area contributed by atoms with Gasteiger partial charge in [0.05, 0.1) is 19.8 Å². The van der Waals surface area contributed by atoms with E-state index in [2.05, 4.69) is 0 Å². The second-order valence-electron chi connectivity index (χ2n) is 3.42. The molecule has 1 aromatic carbocycles. The van der Waals surface area contributed by atoms with Crippen LogP contribution in [-0.4, -0.2) is 24.8 Å². The third-order valence-corrected chi connectivity index (χ3v) is 2.39. The molecular formula is C12H16FNO2S. The van der Waals surface area contributed by atoms with Crippen molar-refractivity contribution in [2.24, 2.45) is 5.73 Å². The highest BCUT2D eigenvalue weighted by Gasteiger charge is 2.06. The van der Waals surface area contributed by atoms with Gasteiger partial charge in [-0.15, -0.1) is 0 Å². The second kappa shape index (κ2) is 7.32. The molecule has 17 heavy (non-hydrogen) atoms. The summed E-state index contributed by atoms with van der Waals surface area (Å²) in [6.07, 6.45) is 0. The molecule has 0 aliphatic rings. The largest absolute Gasteiger partial charge is 0.389 e. The van der Waals surface area contributed by atoms with Crippen LogP contribution in [0.3, 0.4) is 0 Å². The second-order valence-corrected chi connectivity index (χ2v) is 3.86. The highest BCUT2D eigenvalue weighted by atomic mass is 32.1. The standard InChI is InChI=1S/C12H16FNO2S/c1-2-15-5-6-16-8-9-7-10(13)3-4-11(9)12(14)17/h3-4,7H,2,5-6,8H2,1H3,(H2,14,17). The Bertz CT molecular complexity index is 385. The molecule has 0 aliphatic heterocycles. The Morgan fingerprint density at radius 3 is 2.71 bits per heavy atom. The Balaban J connectivity index is 2.56. The average Bonchev–Trinajstić information content (AvgIpc) is 2.28. The van der Waals surface area contributed by atoms with E-state index >= 15 is 0 Å².